The van der Waals surface area contributed by atoms with Gasteiger partial charge in [0, 0.05) is 37.6 Å². The van der Waals surface area contributed by atoms with Gasteiger partial charge in [-0.05, 0) is 42.0 Å². The number of aromatic nitrogens is 1. The number of hydrogen-bond donors (Lipinski definition) is 2. The van der Waals surface area contributed by atoms with Crippen LogP contribution in [0.25, 0.3) is 0 Å². The van der Waals surface area contributed by atoms with Crippen LogP contribution in [0.4, 0.5) is 5.69 Å². The highest BCUT2D eigenvalue weighted by Crippen LogP contribution is 2.14. The fourth-order valence-corrected chi connectivity index (χ4v) is 1.83. The van der Waals surface area contributed by atoms with E-state index in [1.165, 1.54) is 0 Å². The number of rotatable bonds is 7. The summed E-state index contributed by atoms with van der Waals surface area (Å²) in [6.07, 6.45) is 3.94. The second-order valence-electron chi connectivity index (χ2n) is 4.56. The molecule has 0 unspecified atom stereocenters. The smallest absolute Gasteiger partial charge is 0.225 e. The van der Waals surface area contributed by atoms with Crippen LogP contribution < -0.4 is 15.4 Å². The number of nitrogens with zero attached hydrogens (tertiary/aromatic N) is 1. The molecule has 0 aliphatic carbocycles. The van der Waals surface area contributed by atoms with E-state index in [4.69, 9.17) is 4.74 Å². The van der Waals surface area contributed by atoms with E-state index in [1.54, 1.807) is 19.5 Å². The predicted octanol–water partition coefficient (Wildman–Crippen LogP) is 2.21. The van der Waals surface area contributed by atoms with Crippen molar-refractivity contribution in [3.8, 4) is 5.75 Å². The van der Waals surface area contributed by atoms with Crippen molar-refractivity contribution < 1.29 is 9.53 Å². The van der Waals surface area contributed by atoms with E-state index in [-0.39, 0.29) is 5.91 Å². The van der Waals surface area contributed by atoms with E-state index in [0.29, 0.717) is 13.0 Å². The third-order valence-electron chi connectivity index (χ3n) is 2.98. The van der Waals surface area contributed by atoms with Gasteiger partial charge in [0.05, 0.1) is 7.11 Å². The van der Waals surface area contributed by atoms with Crippen LogP contribution in [0.3, 0.4) is 0 Å². The summed E-state index contributed by atoms with van der Waals surface area (Å²) in [5.74, 6) is 0.759. The van der Waals surface area contributed by atoms with Gasteiger partial charge in [-0.25, -0.2) is 0 Å². The lowest BCUT2D eigenvalue weighted by Crippen LogP contribution is -2.21. The molecule has 1 aromatic heterocycles. The van der Waals surface area contributed by atoms with Crippen LogP contribution in [0, 0.1) is 0 Å². The van der Waals surface area contributed by atoms with Gasteiger partial charge >= 0.3 is 0 Å². The van der Waals surface area contributed by atoms with Gasteiger partial charge < -0.3 is 15.4 Å². The van der Waals surface area contributed by atoms with E-state index in [0.717, 1.165) is 23.5 Å². The van der Waals surface area contributed by atoms with Crippen LogP contribution in [0.15, 0.2) is 48.8 Å². The first kappa shape index (κ1) is 15.0. The Bertz CT molecular complexity index is 555. The highest BCUT2D eigenvalue weighted by Gasteiger charge is 2.02. The first-order valence-electron chi connectivity index (χ1n) is 6.81. The maximum Gasteiger partial charge on any atom is 0.225 e. The Labute approximate surface area is 124 Å². The number of pyridine rings is 1. The van der Waals surface area contributed by atoms with Crippen molar-refractivity contribution >= 4 is 11.6 Å². The Morgan fingerprint density at radius 3 is 2.52 bits per heavy atom. The third kappa shape index (κ3) is 5.24. The van der Waals surface area contributed by atoms with Crippen molar-refractivity contribution in [2.75, 3.05) is 19.0 Å². The molecule has 2 rings (SSSR count). The largest absolute Gasteiger partial charge is 0.497 e. The van der Waals surface area contributed by atoms with Crippen LogP contribution >= 0.6 is 0 Å². The number of hydrogen-bond acceptors (Lipinski definition) is 4. The number of nitrogens with one attached hydrogen (secondary N) is 2. The lowest BCUT2D eigenvalue weighted by Gasteiger charge is -2.07. The fraction of sp³-hybridized carbons (Fsp3) is 0.250. The highest BCUT2D eigenvalue weighted by molar-refractivity contribution is 5.90. The second-order valence-corrected chi connectivity index (χ2v) is 4.56. The number of carbonyl (C=O) groups is 1. The predicted molar refractivity (Wildman–Crippen MR) is 82.2 cm³/mol. The lowest BCUT2D eigenvalue weighted by atomic mass is 10.2. The topological polar surface area (TPSA) is 63.2 Å². The first-order chi connectivity index (χ1) is 10.3. The molecule has 0 spiro atoms. The van der Waals surface area contributed by atoms with Crippen molar-refractivity contribution in [2.45, 2.75) is 13.0 Å². The molecule has 21 heavy (non-hydrogen) atoms. The van der Waals surface area contributed by atoms with Gasteiger partial charge in [0.2, 0.25) is 5.91 Å². The molecule has 0 aliphatic heterocycles. The summed E-state index contributed by atoms with van der Waals surface area (Å²) >= 11 is 0. The Hall–Kier alpha value is -2.40. The summed E-state index contributed by atoms with van der Waals surface area (Å²) in [6.45, 7) is 1.36. The number of amides is 1. The van der Waals surface area contributed by atoms with E-state index in [2.05, 4.69) is 15.6 Å². The summed E-state index contributed by atoms with van der Waals surface area (Å²) in [5, 5.41) is 6.08. The minimum absolute atomic E-state index is 0.0117. The zero-order valence-electron chi connectivity index (χ0n) is 12.0. The average Bonchev–Trinajstić information content (AvgIpc) is 2.53. The minimum Gasteiger partial charge on any atom is -0.497 e. The number of benzene rings is 1. The molecule has 2 aromatic rings. The standard InChI is InChI=1S/C16H19N3O2/c1-21-15-4-2-14(3-5-15)19-16(20)8-11-18-12-13-6-9-17-10-7-13/h2-7,9-10,18H,8,11-12H2,1H3,(H,19,20). The molecular formula is C16H19N3O2. The van der Waals surface area contributed by atoms with E-state index in [1.807, 2.05) is 36.4 Å². The zero-order valence-corrected chi connectivity index (χ0v) is 12.0. The van der Waals surface area contributed by atoms with Crippen molar-refractivity contribution in [3.05, 3.63) is 54.4 Å². The maximum absolute atomic E-state index is 11.8. The molecule has 0 aliphatic rings. The third-order valence-corrected chi connectivity index (χ3v) is 2.98. The molecule has 0 radical (unpaired) electrons. The zero-order chi connectivity index (χ0) is 14.9. The molecular weight excluding hydrogens is 266 g/mol. The van der Waals surface area contributed by atoms with Crippen LogP contribution in [0.5, 0.6) is 5.75 Å². The molecule has 0 fully saturated rings. The normalized spacial score (nSPS) is 10.1. The molecule has 110 valence electrons. The van der Waals surface area contributed by atoms with Gasteiger partial charge in [0.25, 0.3) is 0 Å². The quantitative estimate of drug-likeness (QED) is 0.766. The summed E-state index contributed by atoms with van der Waals surface area (Å²) < 4.78 is 5.07. The van der Waals surface area contributed by atoms with Gasteiger partial charge in [-0.1, -0.05) is 0 Å². The lowest BCUT2D eigenvalue weighted by molar-refractivity contribution is -0.116. The van der Waals surface area contributed by atoms with Gasteiger partial charge in [-0.3, -0.25) is 9.78 Å². The molecule has 1 heterocycles. The number of methoxy groups -OCH3 is 1. The van der Waals surface area contributed by atoms with E-state index in [9.17, 15) is 4.79 Å². The van der Waals surface area contributed by atoms with Crippen molar-refractivity contribution in [1.29, 1.82) is 0 Å². The summed E-state index contributed by atoms with van der Waals surface area (Å²) in [7, 11) is 1.61. The molecule has 5 nitrogen and oxygen atoms in total. The first-order valence-corrected chi connectivity index (χ1v) is 6.81. The van der Waals surface area contributed by atoms with Gasteiger partial charge in [0.1, 0.15) is 5.75 Å². The Morgan fingerprint density at radius 2 is 1.86 bits per heavy atom. The second kappa shape index (κ2) is 8.01. The SMILES string of the molecule is COc1ccc(NC(=O)CCNCc2ccncc2)cc1. The Balaban J connectivity index is 1.67. The maximum atomic E-state index is 11.8. The van der Waals surface area contributed by atoms with Gasteiger partial charge in [-0.15, -0.1) is 0 Å². The fourth-order valence-electron chi connectivity index (χ4n) is 1.83. The van der Waals surface area contributed by atoms with Crippen LogP contribution in [-0.4, -0.2) is 24.5 Å². The van der Waals surface area contributed by atoms with Gasteiger partial charge in [0.15, 0.2) is 0 Å². The number of anilines is 1. The summed E-state index contributed by atoms with van der Waals surface area (Å²) in [6, 6.07) is 11.2. The molecule has 1 amide bonds. The van der Waals surface area contributed by atoms with E-state index >= 15 is 0 Å². The van der Waals surface area contributed by atoms with Crippen LogP contribution in [0.1, 0.15) is 12.0 Å². The van der Waals surface area contributed by atoms with Crippen molar-refractivity contribution in [3.63, 3.8) is 0 Å². The van der Waals surface area contributed by atoms with Crippen molar-refractivity contribution in [1.82, 2.24) is 10.3 Å². The monoisotopic (exact) mass is 285 g/mol. The minimum atomic E-state index is -0.0117. The van der Waals surface area contributed by atoms with Crippen molar-refractivity contribution in [2.24, 2.45) is 0 Å². The van der Waals surface area contributed by atoms with E-state index < -0.39 is 0 Å². The van der Waals surface area contributed by atoms with Gasteiger partial charge in [-0.2, -0.15) is 0 Å². The van der Waals surface area contributed by atoms with Crippen LogP contribution in [0.2, 0.25) is 0 Å². The molecule has 0 saturated heterocycles. The van der Waals surface area contributed by atoms with Crippen LogP contribution in [-0.2, 0) is 11.3 Å². The molecule has 0 atom stereocenters. The summed E-state index contributed by atoms with van der Waals surface area (Å²) in [4.78, 5) is 15.7. The molecule has 0 saturated carbocycles. The molecule has 5 heteroatoms. The number of carbonyl (C=O) groups excluding carboxylic acids is 1. The number of ether oxygens (including phenoxy) is 1. The highest BCUT2D eigenvalue weighted by atomic mass is 16.5. The Kier molecular flexibility index (Phi) is 5.72. The molecule has 1 aromatic carbocycles. The Morgan fingerprint density at radius 1 is 1.14 bits per heavy atom. The summed E-state index contributed by atoms with van der Waals surface area (Å²) in [5.41, 5.74) is 1.93. The molecule has 0 bridgehead atoms. The molecule has 2 N–H and O–H groups in total. The average molecular weight is 285 g/mol.